The number of alkyl halides is 3. The van der Waals surface area contributed by atoms with Crippen LogP contribution in [-0.2, 0) is 13.2 Å². The molecule has 0 fully saturated rings. The van der Waals surface area contributed by atoms with Gasteiger partial charge in [0.25, 0.3) is 0 Å². The second kappa shape index (κ2) is 8.73. The standard InChI is InChI=1S/C21H16F3N3O6/c1-12-17(25-18(31-12)14-5-7-15(8-6-14)32-21(22,23)24)11-30-16-4-2-3-13(9-16)10-27-19(28)26-20(29)33-27/h2-9H,10-11H2,1H3,(H,26,28,29). The lowest BCUT2D eigenvalue weighted by Gasteiger charge is -2.08. The van der Waals surface area contributed by atoms with Gasteiger partial charge in [-0.2, -0.15) is 0 Å². The number of halogens is 3. The zero-order valence-corrected chi connectivity index (χ0v) is 17.0. The molecule has 2 aromatic heterocycles. The Labute approximate surface area is 183 Å². The number of nitrogens with zero attached hydrogens (tertiary/aromatic N) is 2. The normalized spacial score (nSPS) is 11.5. The first-order valence-corrected chi connectivity index (χ1v) is 9.51. The highest BCUT2D eigenvalue weighted by molar-refractivity contribution is 5.55. The predicted molar refractivity (Wildman–Crippen MR) is 107 cm³/mol. The molecule has 33 heavy (non-hydrogen) atoms. The van der Waals surface area contributed by atoms with E-state index in [1.54, 1.807) is 31.2 Å². The van der Waals surface area contributed by atoms with Gasteiger partial charge >= 0.3 is 17.8 Å². The molecule has 9 nitrogen and oxygen atoms in total. The molecule has 0 unspecified atom stereocenters. The van der Waals surface area contributed by atoms with Crippen molar-refractivity contribution in [1.82, 2.24) is 14.7 Å². The van der Waals surface area contributed by atoms with Crippen LogP contribution in [0, 0.1) is 6.92 Å². The zero-order valence-electron chi connectivity index (χ0n) is 17.0. The Hall–Kier alpha value is -4.22. The maximum Gasteiger partial charge on any atom is 0.573 e. The number of rotatable bonds is 7. The van der Waals surface area contributed by atoms with E-state index in [4.69, 9.17) is 13.7 Å². The summed E-state index contributed by atoms with van der Waals surface area (Å²) in [5.41, 5.74) is 0.976. The second-order valence-electron chi connectivity index (χ2n) is 6.88. The topological polar surface area (TPSA) is 112 Å². The second-order valence-corrected chi connectivity index (χ2v) is 6.88. The van der Waals surface area contributed by atoms with Gasteiger partial charge in [0, 0.05) is 5.56 Å². The van der Waals surface area contributed by atoms with Gasteiger partial charge in [0.05, 0.1) is 6.54 Å². The smallest absolute Gasteiger partial charge is 0.487 e. The van der Waals surface area contributed by atoms with Gasteiger partial charge < -0.3 is 18.4 Å². The number of aryl methyl sites for hydroxylation is 1. The summed E-state index contributed by atoms with van der Waals surface area (Å²) in [6, 6.07) is 12.0. The Bertz CT molecular complexity index is 1370. The number of hydrogen-bond donors (Lipinski definition) is 1. The quantitative estimate of drug-likeness (QED) is 0.446. The largest absolute Gasteiger partial charge is 0.573 e. The van der Waals surface area contributed by atoms with Crippen molar-refractivity contribution in [2.45, 2.75) is 26.4 Å². The van der Waals surface area contributed by atoms with E-state index in [2.05, 4.69) is 9.72 Å². The third-order valence-corrected chi connectivity index (χ3v) is 4.46. The van der Waals surface area contributed by atoms with Crippen LogP contribution >= 0.6 is 0 Å². The molecular formula is C21H16F3N3O6. The molecule has 0 spiro atoms. The Morgan fingerprint density at radius 3 is 2.52 bits per heavy atom. The first-order chi connectivity index (χ1) is 15.7. The number of ether oxygens (including phenoxy) is 2. The molecule has 12 heteroatoms. The van der Waals surface area contributed by atoms with Crippen LogP contribution in [0.4, 0.5) is 13.2 Å². The lowest BCUT2D eigenvalue weighted by atomic mass is 10.2. The van der Waals surface area contributed by atoms with Gasteiger partial charge in [-0.1, -0.05) is 12.1 Å². The van der Waals surface area contributed by atoms with Crippen LogP contribution in [0.2, 0.25) is 0 Å². The molecule has 0 radical (unpaired) electrons. The van der Waals surface area contributed by atoms with Crippen LogP contribution in [0.1, 0.15) is 17.0 Å². The molecule has 0 atom stereocenters. The molecular weight excluding hydrogens is 447 g/mol. The van der Waals surface area contributed by atoms with Crippen molar-refractivity contribution in [3.63, 3.8) is 0 Å². The lowest BCUT2D eigenvalue weighted by molar-refractivity contribution is -0.274. The SMILES string of the molecule is Cc1oc(-c2ccc(OC(F)(F)F)cc2)nc1COc1cccc(Cn2oc(=O)[nH]c2=O)c1. The summed E-state index contributed by atoms with van der Waals surface area (Å²) >= 11 is 0. The molecule has 0 aliphatic rings. The molecule has 4 aromatic rings. The van der Waals surface area contributed by atoms with Crippen molar-refractivity contribution in [2.75, 3.05) is 0 Å². The number of nitrogens with one attached hydrogen (secondary N) is 1. The summed E-state index contributed by atoms with van der Waals surface area (Å²) in [7, 11) is 0. The number of aromatic nitrogens is 3. The molecule has 0 saturated carbocycles. The van der Waals surface area contributed by atoms with Gasteiger partial charge in [-0.25, -0.2) is 19.6 Å². The third kappa shape index (κ3) is 5.53. The minimum Gasteiger partial charge on any atom is -0.487 e. The van der Waals surface area contributed by atoms with Crippen LogP contribution in [0.3, 0.4) is 0 Å². The first-order valence-electron chi connectivity index (χ1n) is 9.51. The maximum absolute atomic E-state index is 12.3. The number of H-pyrrole nitrogens is 1. The number of benzene rings is 2. The van der Waals surface area contributed by atoms with Gasteiger partial charge in [0.15, 0.2) is 0 Å². The highest BCUT2D eigenvalue weighted by Gasteiger charge is 2.31. The first kappa shape index (κ1) is 22.0. The Morgan fingerprint density at radius 1 is 1.09 bits per heavy atom. The van der Waals surface area contributed by atoms with Gasteiger partial charge in [-0.15, -0.1) is 17.9 Å². The molecule has 0 aliphatic heterocycles. The van der Waals surface area contributed by atoms with E-state index in [-0.39, 0.29) is 24.8 Å². The fourth-order valence-electron chi connectivity index (χ4n) is 2.95. The summed E-state index contributed by atoms with van der Waals surface area (Å²) in [6.45, 7) is 1.79. The fourth-order valence-corrected chi connectivity index (χ4v) is 2.95. The molecule has 0 bridgehead atoms. The van der Waals surface area contributed by atoms with Crippen molar-refractivity contribution in [1.29, 1.82) is 0 Å². The summed E-state index contributed by atoms with van der Waals surface area (Å²) in [5, 5.41) is 0. The molecule has 1 N–H and O–H groups in total. The van der Waals surface area contributed by atoms with E-state index in [1.165, 1.54) is 24.3 Å². The zero-order chi connectivity index (χ0) is 23.6. The third-order valence-electron chi connectivity index (χ3n) is 4.46. The number of aromatic amines is 1. The van der Waals surface area contributed by atoms with Crippen molar-refractivity contribution in [2.24, 2.45) is 0 Å². The summed E-state index contributed by atoms with van der Waals surface area (Å²) in [4.78, 5) is 29.0. The van der Waals surface area contributed by atoms with Crippen molar-refractivity contribution >= 4 is 0 Å². The molecule has 2 heterocycles. The molecule has 2 aromatic carbocycles. The predicted octanol–water partition coefficient (Wildman–Crippen LogP) is 3.62. The van der Waals surface area contributed by atoms with E-state index >= 15 is 0 Å². The van der Waals surface area contributed by atoms with Crippen molar-refractivity contribution in [3.8, 4) is 23.0 Å². The Kier molecular flexibility index (Phi) is 5.82. The molecule has 0 amide bonds. The molecule has 4 rings (SSSR count). The Morgan fingerprint density at radius 2 is 1.85 bits per heavy atom. The number of hydrogen-bond acceptors (Lipinski definition) is 7. The van der Waals surface area contributed by atoms with Crippen LogP contribution in [0.5, 0.6) is 11.5 Å². The van der Waals surface area contributed by atoms with E-state index in [1.807, 2.05) is 4.98 Å². The summed E-state index contributed by atoms with van der Waals surface area (Å²) in [6.07, 6.45) is -4.77. The average molecular weight is 463 g/mol. The van der Waals surface area contributed by atoms with Crippen LogP contribution < -0.4 is 20.9 Å². The highest BCUT2D eigenvalue weighted by atomic mass is 19.4. The van der Waals surface area contributed by atoms with Crippen molar-refractivity contribution < 1.29 is 31.6 Å². The van der Waals surface area contributed by atoms with E-state index in [0.29, 0.717) is 28.3 Å². The maximum atomic E-state index is 12.3. The minimum atomic E-state index is -4.77. The average Bonchev–Trinajstić information content (AvgIpc) is 3.27. The van der Waals surface area contributed by atoms with Gasteiger partial charge in [-0.3, -0.25) is 0 Å². The van der Waals surface area contributed by atoms with E-state index in [0.717, 1.165) is 4.74 Å². The van der Waals surface area contributed by atoms with E-state index < -0.39 is 17.8 Å². The minimum absolute atomic E-state index is 0.0377. The van der Waals surface area contributed by atoms with Gasteiger partial charge in [0.2, 0.25) is 5.89 Å². The summed E-state index contributed by atoms with van der Waals surface area (Å²) in [5.74, 6) is 0.0000985. The molecule has 0 aliphatic carbocycles. The van der Waals surface area contributed by atoms with Crippen LogP contribution in [0.15, 0.2) is 67.1 Å². The fraction of sp³-hybridized carbons (Fsp3) is 0.190. The highest BCUT2D eigenvalue weighted by Crippen LogP contribution is 2.27. The Balaban J connectivity index is 1.43. The monoisotopic (exact) mass is 463 g/mol. The van der Waals surface area contributed by atoms with E-state index in [9.17, 15) is 22.8 Å². The molecule has 0 saturated heterocycles. The molecule has 172 valence electrons. The van der Waals surface area contributed by atoms with Crippen LogP contribution in [0.25, 0.3) is 11.5 Å². The lowest BCUT2D eigenvalue weighted by Crippen LogP contribution is -2.17. The van der Waals surface area contributed by atoms with Gasteiger partial charge in [0.1, 0.15) is 29.6 Å². The number of oxazole rings is 1. The summed E-state index contributed by atoms with van der Waals surface area (Å²) < 4.78 is 57.7. The van der Waals surface area contributed by atoms with Crippen LogP contribution in [-0.4, -0.2) is 21.1 Å². The van der Waals surface area contributed by atoms with Crippen molar-refractivity contribution in [3.05, 3.63) is 86.6 Å². The van der Waals surface area contributed by atoms with Gasteiger partial charge in [-0.05, 0) is 48.9 Å².